The molecule has 2 rings (SSSR count). The van der Waals surface area contributed by atoms with Crippen LogP contribution in [0.5, 0.6) is 0 Å². The summed E-state index contributed by atoms with van der Waals surface area (Å²) in [5.41, 5.74) is -1.20. The highest BCUT2D eigenvalue weighted by molar-refractivity contribution is 5.01. The van der Waals surface area contributed by atoms with E-state index in [1.165, 1.54) is 5.06 Å². The molecule has 2 N–H and O–H groups in total. The van der Waals surface area contributed by atoms with Gasteiger partial charge in [-0.3, -0.25) is 4.84 Å². The number of hydrogen-bond acceptors (Lipinski definition) is 5. The Morgan fingerprint density at radius 3 is 1.83 bits per heavy atom. The van der Waals surface area contributed by atoms with Crippen molar-refractivity contribution in [3.8, 4) is 0 Å². The van der Waals surface area contributed by atoms with E-state index in [4.69, 9.17) is 4.84 Å². The van der Waals surface area contributed by atoms with E-state index >= 15 is 0 Å². The van der Waals surface area contributed by atoms with Crippen molar-refractivity contribution < 1.29 is 15.2 Å². The van der Waals surface area contributed by atoms with Gasteiger partial charge in [0.05, 0.1) is 17.7 Å². The second kappa shape index (κ2) is 5.67. The summed E-state index contributed by atoms with van der Waals surface area (Å²) in [6.45, 7) is 16.7. The van der Waals surface area contributed by atoms with Crippen LogP contribution < -0.4 is 0 Å². The van der Waals surface area contributed by atoms with Crippen LogP contribution in [0.2, 0.25) is 0 Å². The van der Waals surface area contributed by atoms with Crippen LogP contribution in [0.15, 0.2) is 0 Å². The molecule has 1 atom stereocenters. The molecule has 5 nitrogen and oxygen atoms in total. The average molecular weight is 328 g/mol. The van der Waals surface area contributed by atoms with E-state index in [0.29, 0.717) is 12.8 Å². The summed E-state index contributed by atoms with van der Waals surface area (Å²) >= 11 is 0. The van der Waals surface area contributed by atoms with Crippen LogP contribution in [0.3, 0.4) is 0 Å². The summed E-state index contributed by atoms with van der Waals surface area (Å²) in [4.78, 5) is 6.51. The lowest BCUT2D eigenvalue weighted by atomic mass is 9.79. The van der Waals surface area contributed by atoms with Gasteiger partial charge in [0.25, 0.3) is 0 Å². The van der Waals surface area contributed by atoms with Crippen molar-refractivity contribution in [3.63, 3.8) is 0 Å². The van der Waals surface area contributed by atoms with E-state index in [-0.39, 0.29) is 28.8 Å². The smallest absolute Gasteiger partial charge is 0.0995 e. The molecule has 2 saturated heterocycles. The molecule has 136 valence electrons. The molecule has 0 aromatic heterocycles. The molecule has 0 amide bonds. The molecule has 5 heteroatoms. The summed E-state index contributed by atoms with van der Waals surface area (Å²) in [5, 5.41) is 24.4. The lowest BCUT2D eigenvalue weighted by molar-refractivity contribution is -0.362. The Hall–Kier alpha value is -0.200. The number of rotatable bonds is 2. The largest absolute Gasteiger partial charge is 0.393 e. The van der Waals surface area contributed by atoms with Gasteiger partial charge in [-0.15, -0.1) is 0 Å². The number of piperidine rings is 2. The SMILES string of the molecule is CC1(C)CC(O)CC(C)(C)N1OC1CCC(C)(C)N(O)C1(C)C. The fraction of sp³-hybridized carbons (Fsp3) is 1.00. The van der Waals surface area contributed by atoms with Crippen molar-refractivity contribution >= 4 is 0 Å². The van der Waals surface area contributed by atoms with Gasteiger partial charge in [0.15, 0.2) is 0 Å². The van der Waals surface area contributed by atoms with Crippen LogP contribution in [0.1, 0.15) is 81.1 Å². The molecule has 0 aromatic rings. The van der Waals surface area contributed by atoms with Crippen molar-refractivity contribution in [2.45, 2.75) is 115 Å². The van der Waals surface area contributed by atoms with E-state index in [9.17, 15) is 10.3 Å². The number of hydroxylamine groups is 4. The second-order valence-corrected chi connectivity index (χ2v) is 9.89. The Kier molecular flexibility index (Phi) is 4.71. The first-order chi connectivity index (χ1) is 10.2. The lowest BCUT2D eigenvalue weighted by Crippen LogP contribution is -2.68. The molecule has 2 aliphatic rings. The zero-order chi connectivity index (χ0) is 17.8. The third-order valence-corrected chi connectivity index (χ3v) is 5.73. The Morgan fingerprint density at radius 1 is 0.870 bits per heavy atom. The van der Waals surface area contributed by atoms with Crippen molar-refractivity contribution in [1.82, 2.24) is 10.1 Å². The molecule has 2 fully saturated rings. The van der Waals surface area contributed by atoms with Crippen LogP contribution in [0.4, 0.5) is 0 Å². The standard InChI is InChI=1S/C18H36N2O3/c1-15(2)10-9-14(18(7,8)19(15)22)23-20-16(3,4)11-13(21)12-17(20,5)6/h13-14,21-22H,9-12H2,1-8H3. The van der Waals surface area contributed by atoms with Crippen LogP contribution in [-0.2, 0) is 4.84 Å². The quantitative estimate of drug-likeness (QED) is 0.814. The molecular weight excluding hydrogens is 292 g/mol. The Labute approximate surface area is 141 Å². The third-order valence-electron chi connectivity index (χ3n) is 5.73. The van der Waals surface area contributed by atoms with Crippen LogP contribution in [-0.4, -0.2) is 54.8 Å². The van der Waals surface area contributed by atoms with E-state index in [2.05, 4.69) is 46.6 Å². The first-order valence-electron chi connectivity index (χ1n) is 8.84. The minimum Gasteiger partial charge on any atom is -0.393 e. The van der Waals surface area contributed by atoms with Gasteiger partial charge in [-0.05, 0) is 81.1 Å². The number of aliphatic hydroxyl groups excluding tert-OH is 1. The summed E-state index contributed by atoms with van der Waals surface area (Å²) in [6.07, 6.45) is 2.79. The van der Waals surface area contributed by atoms with Gasteiger partial charge >= 0.3 is 0 Å². The highest BCUT2D eigenvalue weighted by Crippen LogP contribution is 2.43. The maximum atomic E-state index is 10.7. The van der Waals surface area contributed by atoms with Crippen LogP contribution >= 0.6 is 0 Å². The summed E-state index contributed by atoms with van der Waals surface area (Å²) in [7, 11) is 0. The van der Waals surface area contributed by atoms with Gasteiger partial charge in [0.1, 0.15) is 0 Å². The molecule has 0 bridgehead atoms. The van der Waals surface area contributed by atoms with Crippen molar-refractivity contribution in [3.05, 3.63) is 0 Å². The van der Waals surface area contributed by atoms with Crippen LogP contribution in [0.25, 0.3) is 0 Å². The van der Waals surface area contributed by atoms with E-state index in [0.717, 1.165) is 12.8 Å². The molecule has 0 aromatic carbocycles. The monoisotopic (exact) mass is 328 g/mol. The number of aliphatic hydroxyl groups is 1. The zero-order valence-electron chi connectivity index (χ0n) is 16.2. The highest BCUT2D eigenvalue weighted by atomic mass is 16.7. The zero-order valence-corrected chi connectivity index (χ0v) is 16.2. The minimum absolute atomic E-state index is 0.0886. The summed E-state index contributed by atoms with van der Waals surface area (Å²) < 4.78 is 0. The van der Waals surface area contributed by atoms with Crippen molar-refractivity contribution in [2.24, 2.45) is 0 Å². The molecule has 0 radical (unpaired) electrons. The normalized spacial score (nSPS) is 34.4. The van der Waals surface area contributed by atoms with E-state index in [1.54, 1.807) is 0 Å². The van der Waals surface area contributed by atoms with Gasteiger partial charge in [-0.25, -0.2) is 0 Å². The van der Waals surface area contributed by atoms with Gasteiger partial charge in [0.2, 0.25) is 0 Å². The maximum Gasteiger partial charge on any atom is 0.0995 e. The molecule has 23 heavy (non-hydrogen) atoms. The highest BCUT2D eigenvalue weighted by Gasteiger charge is 2.52. The Morgan fingerprint density at radius 2 is 1.35 bits per heavy atom. The summed E-state index contributed by atoms with van der Waals surface area (Å²) in [5.74, 6) is 0. The van der Waals surface area contributed by atoms with E-state index < -0.39 is 5.54 Å². The third kappa shape index (κ3) is 3.45. The minimum atomic E-state index is -0.468. The van der Waals surface area contributed by atoms with Gasteiger partial charge < -0.3 is 10.3 Å². The fourth-order valence-corrected chi connectivity index (χ4v) is 4.66. The second-order valence-electron chi connectivity index (χ2n) is 9.89. The first-order valence-corrected chi connectivity index (χ1v) is 8.84. The lowest BCUT2D eigenvalue weighted by Gasteiger charge is -2.58. The van der Waals surface area contributed by atoms with Gasteiger partial charge in [-0.2, -0.15) is 10.1 Å². The molecule has 2 heterocycles. The number of nitrogens with zero attached hydrogens (tertiary/aromatic N) is 2. The first kappa shape index (κ1) is 19.1. The topological polar surface area (TPSA) is 56.2 Å². The molecule has 0 saturated carbocycles. The molecule has 1 unspecified atom stereocenters. The van der Waals surface area contributed by atoms with Crippen molar-refractivity contribution in [2.75, 3.05) is 0 Å². The van der Waals surface area contributed by atoms with E-state index in [1.807, 2.05) is 13.8 Å². The van der Waals surface area contributed by atoms with Gasteiger partial charge in [-0.1, -0.05) is 0 Å². The Balaban J connectivity index is 2.23. The molecule has 2 aliphatic heterocycles. The van der Waals surface area contributed by atoms with Crippen LogP contribution in [0, 0.1) is 0 Å². The predicted octanol–water partition coefficient (Wildman–Crippen LogP) is 3.34. The van der Waals surface area contributed by atoms with Crippen molar-refractivity contribution in [1.29, 1.82) is 0 Å². The van der Waals surface area contributed by atoms with Gasteiger partial charge in [0, 0.05) is 16.6 Å². The predicted molar refractivity (Wildman–Crippen MR) is 91.1 cm³/mol. The Bertz CT molecular complexity index is 428. The fourth-order valence-electron chi connectivity index (χ4n) is 4.66. The molecule has 0 spiro atoms. The molecular formula is C18H36N2O3. The number of hydrogen-bond donors (Lipinski definition) is 2. The maximum absolute atomic E-state index is 10.7. The summed E-state index contributed by atoms with van der Waals surface area (Å²) in [6, 6.07) is 0. The molecule has 0 aliphatic carbocycles. The average Bonchev–Trinajstić information content (AvgIpc) is 2.32.